The van der Waals surface area contributed by atoms with Crippen molar-refractivity contribution in [2.45, 2.75) is 25.9 Å². The van der Waals surface area contributed by atoms with E-state index >= 15 is 0 Å². The standard InChI is InChI=1S/C24H19F3N2O2S/c1-14(2)15-5-9-17(10-6-15)28-21-20(19-4-3-13-32-19)22(30)29(23(21)31)18-11-7-16(8-12-18)24(25,26)27/h3-14,28H,1-2H3. The molecule has 0 spiro atoms. The van der Waals surface area contributed by atoms with Crippen molar-refractivity contribution in [1.29, 1.82) is 0 Å². The van der Waals surface area contributed by atoms with Crippen LogP contribution in [0, 0.1) is 0 Å². The number of benzene rings is 2. The molecule has 0 unspecified atom stereocenters. The molecule has 0 saturated heterocycles. The molecule has 0 atom stereocenters. The predicted octanol–water partition coefficient (Wildman–Crippen LogP) is 6.29. The summed E-state index contributed by atoms with van der Waals surface area (Å²) in [6.07, 6.45) is -4.51. The van der Waals surface area contributed by atoms with Crippen LogP contribution in [-0.2, 0) is 15.8 Å². The Bertz CT molecular complexity index is 1180. The monoisotopic (exact) mass is 456 g/mol. The minimum Gasteiger partial charge on any atom is -0.350 e. The Morgan fingerprint density at radius 2 is 1.56 bits per heavy atom. The zero-order valence-electron chi connectivity index (χ0n) is 17.2. The van der Waals surface area contributed by atoms with E-state index in [4.69, 9.17) is 0 Å². The number of amides is 2. The highest BCUT2D eigenvalue weighted by Gasteiger charge is 2.41. The van der Waals surface area contributed by atoms with Gasteiger partial charge in [-0.15, -0.1) is 11.3 Å². The van der Waals surface area contributed by atoms with E-state index in [0.717, 1.165) is 34.7 Å². The van der Waals surface area contributed by atoms with E-state index < -0.39 is 23.6 Å². The van der Waals surface area contributed by atoms with Crippen molar-refractivity contribution in [2.75, 3.05) is 10.2 Å². The highest BCUT2D eigenvalue weighted by atomic mass is 32.1. The van der Waals surface area contributed by atoms with Crippen molar-refractivity contribution in [1.82, 2.24) is 0 Å². The molecule has 0 fully saturated rings. The van der Waals surface area contributed by atoms with E-state index in [1.807, 2.05) is 24.3 Å². The van der Waals surface area contributed by atoms with Crippen LogP contribution in [0.1, 0.15) is 35.8 Å². The van der Waals surface area contributed by atoms with Crippen molar-refractivity contribution >= 4 is 40.1 Å². The second kappa shape index (κ2) is 8.27. The molecule has 0 bridgehead atoms. The number of hydrogen-bond acceptors (Lipinski definition) is 4. The number of halogens is 3. The van der Waals surface area contributed by atoms with Gasteiger partial charge in [0.25, 0.3) is 11.8 Å². The molecule has 0 radical (unpaired) electrons. The first-order valence-corrected chi connectivity index (χ1v) is 10.8. The van der Waals surface area contributed by atoms with Gasteiger partial charge in [0.2, 0.25) is 0 Å². The normalized spacial score (nSPS) is 14.6. The molecule has 0 aliphatic carbocycles. The van der Waals surface area contributed by atoms with Crippen LogP contribution in [0.25, 0.3) is 5.57 Å². The van der Waals surface area contributed by atoms with Crippen LogP contribution >= 0.6 is 11.3 Å². The van der Waals surface area contributed by atoms with Gasteiger partial charge >= 0.3 is 6.18 Å². The SMILES string of the molecule is CC(C)c1ccc(NC2=C(c3cccs3)C(=O)N(c3ccc(C(F)(F)F)cc3)C2=O)cc1. The van der Waals surface area contributed by atoms with Gasteiger partial charge in [-0.2, -0.15) is 13.2 Å². The summed E-state index contributed by atoms with van der Waals surface area (Å²) in [4.78, 5) is 28.0. The van der Waals surface area contributed by atoms with Gasteiger partial charge in [0.15, 0.2) is 0 Å². The first-order valence-electron chi connectivity index (χ1n) is 9.88. The van der Waals surface area contributed by atoms with E-state index in [2.05, 4.69) is 19.2 Å². The van der Waals surface area contributed by atoms with Gasteiger partial charge in [-0.25, -0.2) is 4.90 Å². The molecule has 2 heterocycles. The summed E-state index contributed by atoms with van der Waals surface area (Å²) in [6.45, 7) is 4.14. The van der Waals surface area contributed by atoms with Gasteiger partial charge in [-0.05, 0) is 59.3 Å². The van der Waals surface area contributed by atoms with Gasteiger partial charge in [0.1, 0.15) is 5.70 Å². The molecular formula is C24H19F3N2O2S. The lowest BCUT2D eigenvalue weighted by Gasteiger charge is -2.16. The quantitative estimate of drug-likeness (QED) is 0.459. The van der Waals surface area contributed by atoms with Gasteiger partial charge in [0.05, 0.1) is 16.8 Å². The zero-order chi connectivity index (χ0) is 23.0. The number of imide groups is 1. The van der Waals surface area contributed by atoms with Crippen LogP contribution in [0.3, 0.4) is 0 Å². The van der Waals surface area contributed by atoms with E-state index in [0.29, 0.717) is 16.5 Å². The minimum atomic E-state index is -4.51. The van der Waals surface area contributed by atoms with Gasteiger partial charge < -0.3 is 5.32 Å². The Kier molecular flexibility index (Phi) is 5.64. The fourth-order valence-corrected chi connectivity index (χ4v) is 4.19. The molecule has 4 nitrogen and oxygen atoms in total. The highest BCUT2D eigenvalue weighted by molar-refractivity contribution is 7.11. The van der Waals surface area contributed by atoms with Gasteiger partial charge in [-0.3, -0.25) is 9.59 Å². The largest absolute Gasteiger partial charge is 0.416 e. The van der Waals surface area contributed by atoms with Crippen LogP contribution in [-0.4, -0.2) is 11.8 Å². The molecular weight excluding hydrogens is 437 g/mol. The second-order valence-electron chi connectivity index (χ2n) is 7.62. The molecule has 2 aromatic carbocycles. The maximum absolute atomic E-state index is 13.3. The third kappa shape index (κ3) is 4.05. The number of nitrogens with zero attached hydrogens (tertiary/aromatic N) is 1. The molecule has 0 saturated carbocycles. The molecule has 1 aliphatic heterocycles. The minimum absolute atomic E-state index is 0.0778. The van der Waals surface area contributed by atoms with Crippen LogP contribution in [0.4, 0.5) is 24.5 Å². The van der Waals surface area contributed by atoms with Crippen molar-refractivity contribution in [3.8, 4) is 0 Å². The maximum atomic E-state index is 13.3. The molecule has 8 heteroatoms. The summed E-state index contributed by atoms with van der Waals surface area (Å²) in [5.41, 5.74) is 1.27. The van der Waals surface area contributed by atoms with Crippen molar-refractivity contribution in [3.63, 3.8) is 0 Å². The fourth-order valence-electron chi connectivity index (χ4n) is 3.42. The van der Waals surface area contributed by atoms with Crippen LogP contribution in [0.2, 0.25) is 0 Å². The highest BCUT2D eigenvalue weighted by Crippen LogP contribution is 2.37. The van der Waals surface area contributed by atoms with E-state index in [1.54, 1.807) is 17.5 Å². The summed E-state index contributed by atoms with van der Waals surface area (Å²) >= 11 is 1.30. The number of anilines is 2. The van der Waals surface area contributed by atoms with Crippen molar-refractivity contribution in [3.05, 3.63) is 87.7 Å². The molecule has 2 amide bonds. The lowest BCUT2D eigenvalue weighted by Crippen LogP contribution is -2.32. The summed E-state index contributed by atoms with van der Waals surface area (Å²) in [5, 5.41) is 4.84. The average Bonchev–Trinajstić information content (AvgIpc) is 3.35. The van der Waals surface area contributed by atoms with E-state index in [1.165, 1.54) is 11.3 Å². The molecule has 1 aromatic heterocycles. The third-order valence-corrected chi connectivity index (χ3v) is 6.04. The summed E-state index contributed by atoms with van der Waals surface area (Å²) < 4.78 is 38.7. The average molecular weight is 456 g/mol. The maximum Gasteiger partial charge on any atom is 0.416 e. The van der Waals surface area contributed by atoms with Crippen molar-refractivity contribution < 1.29 is 22.8 Å². The lowest BCUT2D eigenvalue weighted by atomic mass is 10.0. The number of nitrogens with one attached hydrogen (secondary N) is 1. The van der Waals surface area contributed by atoms with Gasteiger partial charge in [-0.1, -0.05) is 32.0 Å². The zero-order valence-corrected chi connectivity index (χ0v) is 18.1. The number of rotatable bonds is 5. The molecule has 1 aliphatic rings. The molecule has 164 valence electrons. The van der Waals surface area contributed by atoms with Crippen molar-refractivity contribution in [2.24, 2.45) is 0 Å². The van der Waals surface area contributed by atoms with Crippen LogP contribution < -0.4 is 10.2 Å². The Balaban J connectivity index is 1.71. The van der Waals surface area contributed by atoms with E-state index in [-0.39, 0.29) is 17.0 Å². The Labute approximate surface area is 187 Å². The number of thiophene rings is 1. The molecule has 1 N–H and O–H groups in total. The molecule has 4 rings (SSSR count). The fraction of sp³-hybridized carbons (Fsp3) is 0.167. The topological polar surface area (TPSA) is 49.4 Å². The van der Waals surface area contributed by atoms with Crippen LogP contribution in [0.15, 0.2) is 71.7 Å². The molecule has 32 heavy (non-hydrogen) atoms. The first kappa shape index (κ1) is 21.8. The second-order valence-corrected chi connectivity index (χ2v) is 8.57. The summed E-state index contributed by atoms with van der Waals surface area (Å²) in [6, 6.07) is 15.0. The number of carbonyl (C=O) groups excluding carboxylic acids is 2. The summed E-state index contributed by atoms with van der Waals surface area (Å²) in [5.74, 6) is -0.862. The number of alkyl halides is 3. The Hall–Kier alpha value is -3.39. The molecule has 3 aromatic rings. The third-order valence-electron chi connectivity index (χ3n) is 5.15. The Morgan fingerprint density at radius 3 is 2.09 bits per heavy atom. The lowest BCUT2D eigenvalue weighted by molar-refractivity contribution is -0.137. The predicted molar refractivity (Wildman–Crippen MR) is 119 cm³/mol. The Morgan fingerprint density at radius 1 is 0.906 bits per heavy atom. The summed E-state index contributed by atoms with van der Waals surface area (Å²) in [7, 11) is 0. The van der Waals surface area contributed by atoms with Gasteiger partial charge in [0, 0.05) is 10.6 Å². The van der Waals surface area contributed by atoms with Crippen LogP contribution in [0.5, 0.6) is 0 Å². The van der Waals surface area contributed by atoms with E-state index in [9.17, 15) is 22.8 Å². The number of carbonyl (C=O) groups is 2. The smallest absolute Gasteiger partial charge is 0.350 e. The number of hydrogen-bond donors (Lipinski definition) is 1. The first-order chi connectivity index (χ1) is 15.2.